The maximum Gasteiger partial charge on any atom is 0.220 e. The second-order valence-corrected chi connectivity index (χ2v) is 8.13. The molecule has 138 valence electrons. The van der Waals surface area contributed by atoms with Gasteiger partial charge in [0.25, 0.3) is 0 Å². The Morgan fingerprint density at radius 1 is 1.08 bits per heavy atom. The van der Waals surface area contributed by atoms with Gasteiger partial charge in [0.05, 0.1) is 12.6 Å². The van der Waals surface area contributed by atoms with Crippen LogP contribution in [0.2, 0.25) is 0 Å². The third kappa shape index (κ3) is 3.75. The zero-order valence-electron chi connectivity index (χ0n) is 15.3. The lowest BCUT2D eigenvalue weighted by atomic mass is 10.0. The zero-order chi connectivity index (χ0) is 17.7. The Morgan fingerprint density at radius 2 is 1.79 bits per heavy atom. The van der Waals surface area contributed by atoms with Crippen LogP contribution in [0.5, 0.6) is 0 Å². The second-order valence-electron chi connectivity index (χ2n) is 8.13. The molecule has 7 heteroatoms. The number of ether oxygens (including phenoxy) is 5. The molecule has 3 fully saturated rings. The Kier molecular flexibility index (Phi) is 4.68. The first-order chi connectivity index (χ1) is 11.1. The van der Waals surface area contributed by atoms with E-state index in [0.717, 1.165) is 0 Å². The molecule has 3 aliphatic heterocycles. The lowest BCUT2D eigenvalue weighted by Crippen LogP contribution is -2.52. The van der Waals surface area contributed by atoms with Crippen LogP contribution >= 0.6 is 0 Å². The van der Waals surface area contributed by atoms with Crippen LogP contribution in [0.3, 0.4) is 0 Å². The van der Waals surface area contributed by atoms with E-state index in [0.29, 0.717) is 13.0 Å². The number of carbonyl (C=O) groups excluding carboxylic acids is 1. The quantitative estimate of drug-likeness (QED) is 0.835. The molecule has 3 saturated heterocycles. The van der Waals surface area contributed by atoms with Gasteiger partial charge in [-0.15, -0.1) is 0 Å². The topological polar surface area (TPSA) is 75.3 Å². The lowest BCUT2D eigenvalue weighted by molar-refractivity contribution is -0.223. The molecule has 0 aromatic carbocycles. The van der Waals surface area contributed by atoms with Crippen molar-refractivity contribution in [2.45, 2.75) is 90.2 Å². The fourth-order valence-corrected chi connectivity index (χ4v) is 3.51. The molecule has 0 unspecified atom stereocenters. The fourth-order valence-electron chi connectivity index (χ4n) is 3.51. The molecule has 0 spiro atoms. The third-order valence-electron chi connectivity index (χ3n) is 4.41. The van der Waals surface area contributed by atoms with Crippen molar-refractivity contribution >= 4 is 5.91 Å². The van der Waals surface area contributed by atoms with Gasteiger partial charge in [0, 0.05) is 6.42 Å². The van der Waals surface area contributed by atoms with Crippen LogP contribution in [-0.4, -0.2) is 54.7 Å². The molecular formula is C17H29NO6. The molecule has 1 amide bonds. The first kappa shape index (κ1) is 18.1. The average Bonchev–Trinajstić information content (AvgIpc) is 3.00. The number of nitrogens with one attached hydrogen (secondary N) is 1. The van der Waals surface area contributed by atoms with E-state index in [2.05, 4.69) is 5.32 Å². The van der Waals surface area contributed by atoms with Gasteiger partial charge < -0.3 is 29.0 Å². The van der Waals surface area contributed by atoms with Gasteiger partial charge in [-0.3, -0.25) is 4.79 Å². The van der Waals surface area contributed by atoms with Crippen molar-refractivity contribution in [3.05, 3.63) is 0 Å². The molecule has 0 aliphatic carbocycles. The van der Waals surface area contributed by atoms with Crippen molar-refractivity contribution in [1.29, 1.82) is 0 Å². The van der Waals surface area contributed by atoms with Crippen LogP contribution in [0.25, 0.3) is 0 Å². The molecule has 7 nitrogen and oxygen atoms in total. The van der Waals surface area contributed by atoms with E-state index in [1.807, 2.05) is 41.5 Å². The SMILES string of the molecule is CC(C)CC(=O)N[C@H]1[C@H]2OC(C)(C)O[C@H]2O[C@@H]1[C@H]1COC(C)(C)O1. The summed E-state index contributed by atoms with van der Waals surface area (Å²) in [6.45, 7) is 11.9. The number of hydrogen-bond acceptors (Lipinski definition) is 6. The number of fused-ring (bicyclic) bond motifs is 1. The van der Waals surface area contributed by atoms with Gasteiger partial charge in [0.1, 0.15) is 18.3 Å². The Hall–Kier alpha value is -0.730. The summed E-state index contributed by atoms with van der Waals surface area (Å²) in [5.41, 5.74) is 0. The summed E-state index contributed by atoms with van der Waals surface area (Å²) >= 11 is 0. The molecule has 1 N–H and O–H groups in total. The van der Waals surface area contributed by atoms with Crippen LogP contribution in [-0.2, 0) is 28.5 Å². The molecule has 24 heavy (non-hydrogen) atoms. The summed E-state index contributed by atoms with van der Waals surface area (Å²) in [6.07, 6.45) is -1.05. The van der Waals surface area contributed by atoms with E-state index < -0.39 is 17.9 Å². The van der Waals surface area contributed by atoms with Gasteiger partial charge >= 0.3 is 0 Å². The van der Waals surface area contributed by atoms with Crippen LogP contribution in [0.4, 0.5) is 0 Å². The van der Waals surface area contributed by atoms with Crippen molar-refractivity contribution in [1.82, 2.24) is 5.32 Å². The molecule has 0 aromatic rings. The zero-order valence-corrected chi connectivity index (χ0v) is 15.3. The van der Waals surface area contributed by atoms with E-state index in [9.17, 15) is 4.79 Å². The molecule has 5 atom stereocenters. The highest BCUT2D eigenvalue weighted by Gasteiger charge is 2.58. The monoisotopic (exact) mass is 343 g/mol. The van der Waals surface area contributed by atoms with E-state index in [-0.39, 0.29) is 36.2 Å². The Morgan fingerprint density at radius 3 is 2.38 bits per heavy atom. The normalized spacial score (nSPS) is 40.0. The van der Waals surface area contributed by atoms with Gasteiger partial charge in [-0.05, 0) is 33.6 Å². The predicted octanol–water partition coefficient (Wildman–Crippen LogP) is 1.55. The standard InChI is InChI=1S/C17H29NO6/c1-9(2)7-11(19)18-12-13(10-8-20-16(3,4)22-10)21-15-14(12)23-17(5,6)24-15/h9-10,12-15H,7-8H2,1-6H3,(H,18,19)/t10-,12-,13-,14-,15-/m1/s1. The van der Waals surface area contributed by atoms with Gasteiger partial charge in [0.15, 0.2) is 17.9 Å². The Balaban J connectivity index is 1.74. The average molecular weight is 343 g/mol. The summed E-state index contributed by atoms with van der Waals surface area (Å²) in [6, 6.07) is -0.328. The van der Waals surface area contributed by atoms with Crippen LogP contribution in [0, 0.1) is 5.92 Å². The van der Waals surface area contributed by atoms with E-state index in [1.165, 1.54) is 0 Å². The van der Waals surface area contributed by atoms with Gasteiger partial charge in [-0.25, -0.2) is 0 Å². The van der Waals surface area contributed by atoms with Crippen LogP contribution in [0.15, 0.2) is 0 Å². The minimum absolute atomic E-state index is 0.0178. The van der Waals surface area contributed by atoms with Gasteiger partial charge in [0.2, 0.25) is 5.91 Å². The van der Waals surface area contributed by atoms with E-state index >= 15 is 0 Å². The molecule has 0 saturated carbocycles. The van der Waals surface area contributed by atoms with Gasteiger partial charge in [-0.1, -0.05) is 13.8 Å². The maximum atomic E-state index is 12.3. The van der Waals surface area contributed by atoms with E-state index in [1.54, 1.807) is 0 Å². The Bertz CT molecular complexity index is 491. The summed E-state index contributed by atoms with van der Waals surface area (Å²) in [4.78, 5) is 12.3. The summed E-state index contributed by atoms with van der Waals surface area (Å²) in [7, 11) is 0. The minimum Gasteiger partial charge on any atom is -0.348 e. The maximum absolute atomic E-state index is 12.3. The van der Waals surface area contributed by atoms with Crippen LogP contribution < -0.4 is 5.32 Å². The van der Waals surface area contributed by atoms with Crippen molar-refractivity contribution in [2.24, 2.45) is 5.92 Å². The fraction of sp³-hybridized carbons (Fsp3) is 0.941. The first-order valence-electron chi connectivity index (χ1n) is 8.68. The molecule has 3 rings (SSSR count). The van der Waals surface area contributed by atoms with Crippen LogP contribution in [0.1, 0.15) is 48.0 Å². The summed E-state index contributed by atoms with van der Waals surface area (Å²) < 4.78 is 29.4. The molecule has 3 aliphatic rings. The van der Waals surface area contributed by atoms with E-state index in [4.69, 9.17) is 23.7 Å². The molecular weight excluding hydrogens is 314 g/mol. The van der Waals surface area contributed by atoms with Crippen molar-refractivity contribution < 1.29 is 28.5 Å². The molecule has 0 bridgehead atoms. The lowest BCUT2D eigenvalue weighted by Gasteiger charge is -2.29. The largest absolute Gasteiger partial charge is 0.348 e. The number of amides is 1. The number of carbonyl (C=O) groups is 1. The predicted molar refractivity (Wildman–Crippen MR) is 85.0 cm³/mol. The third-order valence-corrected chi connectivity index (χ3v) is 4.41. The van der Waals surface area contributed by atoms with Crippen molar-refractivity contribution in [2.75, 3.05) is 6.61 Å². The molecule has 0 radical (unpaired) electrons. The first-order valence-corrected chi connectivity index (χ1v) is 8.68. The minimum atomic E-state index is -0.729. The summed E-state index contributed by atoms with van der Waals surface area (Å²) in [5.74, 6) is -1.12. The Labute approximate surface area is 143 Å². The van der Waals surface area contributed by atoms with Crippen molar-refractivity contribution in [3.8, 4) is 0 Å². The van der Waals surface area contributed by atoms with Gasteiger partial charge in [-0.2, -0.15) is 0 Å². The highest BCUT2D eigenvalue weighted by Crippen LogP contribution is 2.40. The smallest absolute Gasteiger partial charge is 0.220 e. The number of hydrogen-bond donors (Lipinski definition) is 1. The highest BCUT2D eigenvalue weighted by molar-refractivity contribution is 5.76. The number of rotatable bonds is 4. The molecule has 0 aromatic heterocycles. The second kappa shape index (κ2) is 6.21. The molecule has 3 heterocycles. The summed E-state index contributed by atoms with van der Waals surface area (Å²) in [5, 5.41) is 3.07. The van der Waals surface area contributed by atoms with Crippen molar-refractivity contribution in [3.63, 3.8) is 0 Å². The highest BCUT2D eigenvalue weighted by atomic mass is 16.8.